The number of hydrogen-bond donors (Lipinski definition) is 0. The van der Waals surface area contributed by atoms with Crippen LogP contribution in [0.25, 0.3) is 0 Å². The van der Waals surface area contributed by atoms with Crippen LogP contribution in [0.5, 0.6) is 0 Å². The van der Waals surface area contributed by atoms with Crippen molar-refractivity contribution in [3.63, 3.8) is 0 Å². The van der Waals surface area contributed by atoms with Crippen molar-refractivity contribution in [3.8, 4) is 0 Å². The van der Waals surface area contributed by atoms with Crippen LogP contribution in [0.3, 0.4) is 0 Å². The molecule has 0 spiro atoms. The molecule has 0 radical (unpaired) electrons. The molecule has 0 N–H and O–H groups in total. The van der Waals surface area contributed by atoms with Crippen LogP contribution in [0.4, 0.5) is 0 Å². The number of rotatable bonds is 5. The van der Waals surface area contributed by atoms with Gasteiger partial charge < -0.3 is 9.47 Å². The van der Waals surface area contributed by atoms with Gasteiger partial charge in [0.15, 0.2) is 0 Å². The Kier molecular flexibility index (Phi) is 8.75. The molecule has 0 aromatic rings. The number of alkyl halides is 2. The first-order valence-corrected chi connectivity index (χ1v) is 4.43. The first kappa shape index (κ1) is 8.88. The molecule has 0 aliphatic carbocycles. The van der Waals surface area contributed by atoms with E-state index in [2.05, 4.69) is 31.9 Å². The maximum atomic E-state index is 4.91. The first-order chi connectivity index (χ1) is 3.91. The summed E-state index contributed by atoms with van der Waals surface area (Å²) in [7, 11) is 0. The van der Waals surface area contributed by atoms with Gasteiger partial charge >= 0.3 is 0 Å². The third kappa shape index (κ3) is 6.88. The van der Waals surface area contributed by atoms with E-state index in [1.807, 2.05) is 0 Å². The lowest BCUT2D eigenvalue weighted by Gasteiger charge is -1.97. The number of ether oxygens (including phenoxy) is 2. The highest BCUT2D eigenvalue weighted by Gasteiger charge is 1.82. The van der Waals surface area contributed by atoms with Gasteiger partial charge in [0.2, 0.25) is 0 Å². The van der Waals surface area contributed by atoms with Gasteiger partial charge in [0.05, 0.1) is 13.2 Å². The Morgan fingerprint density at radius 2 is 1.25 bits per heavy atom. The van der Waals surface area contributed by atoms with Crippen molar-refractivity contribution < 1.29 is 9.47 Å². The standard InChI is InChI=1S/C4H8Br2O2/c5-3-7-1-2-8-4-6/h1-4H2. The summed E-state index contributed by atoms with van der Waals surface area (Å²) in [6.07, 6.45) is 0. The fourth-order valence-electron chi connectivity index (χ4n) is 0.227. The number of hydrogen-bond acceptors (Lipinski definition) is 2. The Labute approximate surface area is 65.8 Å². The minimum atomic E-state index is 0.582. The van der Waals surface area contributed by atoms with Crippen LogP contribution in [-0.2, 0) is 9.47 Å². The van der Waals surface area contributed by atoms with E-state index < -0.39 is 0 Å². The zero-order valence-electron chi connectivity index (χ0n) is 4.40. The molecule has 0 saturated carbocycles. The van der Waals surface area contributed by atoms with E-state index in [1.54, 1.807) is 0 Å². The molecule has 2 nitrogen and oxygen atoms in total. The van der Waals surface area contributed by atoms with Gasteiger partial charge in [-0.1, -0.05) is 31.9 Å². The van der Waals surface area contributed by atoms with E-state index in [0.29, 0.717) is 24.2 Å². The van der Waals surface area contributed by atoms with Gasteiger partial charge in [0, 0.05) is 0 Å². The third-order valence-electron chi connectivity index (χ3n) is 0.526. The average molecular weight is 248 g/mol. The molecule has 0 atom stereocenters. The molecule has 0 unspecified atom stereocenters. The van der Waals surface area contributed by atoms with Crippen molar-refractivity contribution in [3.05, 3.63) is 0 Å². The predicted octanol–water partition coefficient (Wildman–Crippen LogP) is 1.72. The van der Waals surface area contributed by atoms with Gasteiger partial charge in [0.25, 0.3) is 0 Å². The summed E-state index contributed by atoms with van der Waals surface area (Å²) < 4.78 is 9.81. The molecule has 8 heavy (non-hydrogen) atoms. The smallest absolute Gasteiger partial charge is 0.102 e. The Morgan fingerprint density at radius 3 is 1.50 bits per heavy atom. The summed E-state index contributed by atoms with van der Waals surface area (Å²) in [5.74, 6) is 0. The molecule has 0 aromatic carbocycles. The molecule has 50 valence electrons. The highest BCUT2D eigenvalue weighted by molar-refractivity contribution is 9.09. The Hall–Kier alpha value is 0.880. The largest absolute Gasteiger partial charge is 0.368 e. The lowest BCUT2D eigenvalue weighted by Crippen LogP contribution is -2.00. The lowest BCUT2D eigenvalue weighted by atomic mass is 10.8. The Balaban J connectivity index is 2.53. The van der Waals surface area contributed by atoms with E-state index >= 15 is 0 Å². The summed E-state index contributed by atoms with van der Waals surface area (Å²) in [5.41, 5.74) is 1.16. The van der Waals surface area contributed by atoms with Gasteiger partial charge in [-0.05, 0) is 0 Å². The van der Waals surface area contributed by atoms with Gasteiger partial charge in [-0.15, -0.1) is 0 Å². The normalized spacial score (nSPS) is 9.75. The highest BCUT2D eigenvalue weighted by Crippen LogP contribution is 1.85. The minimum Gasteiger partial charge on any atom is -0.368 e. The van der Waals surface area contributed by atoms with Crippen LogP contribution in [0.2, 0.25) is 0 Å². The van der Waals surface area contributed by atoms with Crippen molar-refractivity contribution in [2.45, 2.75) is 0 Å². The van der Waals surface area contributed by atoms with E-state index in [1.165, 1.54) is 0 Å². The van der Waals surface area contributed by atoms with E-state index in [9.17, 15) is 0 Å². The molecule has 0 bridgehead atoms. The summed E-state index contributed by atoms with van der Waals surface area (Å²) >= 11 is 6.22. The second kappa shape index (κ2) is 7.88. The van der Waals surface area contributed by atoms with Crippen LogP contribution in [0.15, 0.2) is 0 Å². The van der Waals surface area contributed by atoms with Gasteiger partial charge in [-0.2, -0.15) is 0 Å². The summed E-state index contributed by atoms with van der Waals surface area (Å²) in [4.78, 5) is 0. The van der Waals surface area contributed by atoms with Crippen molar-refractivity contribution in [1.82, 2.24) is 0 Å². The van der Waals surface area contributed by atoms with Crippen LogP contribution >= 0.6 is 31.9 Å². The molecule has 0 aromatic heterocycles. The predicted molar refractivity (Wildman–Crippen MR) is 39.5 cm³/mol. The molecule has 0 amide bonds. The Bertz CT molecular complexity index is 37.0. The maximum absolute atomic E-state index is 4.91. The monoisotopic (exact) mass is 246 g/mol. The van der Waals surface area contributed by atoms with Crippen LogP contribution < -0.4 is 0 Å². The van der Waals surface area contributed by atoms with Crippen LogP contribution in [0.1, 0.15) is 0 Å². The third-order valence-corrected chi connectivity index (χ3v) is 1.17. The Morgan fingerprint density at radius 1 is 0.875 bits per heavy atom. The maximum Gasteiger partial charge on any atom is 0.102 e. The van der Waals surface area contributed by atoms with E-state index in [0.717, 1.165) is 0 Å². The zero-order valence-corrected chi connectivity index (χ0v) is 7.57. The minimum absolute atomic E-state index is 0.582. The molecule has 0 aliphatic heterocycles. The second-order valence-electron chi connectivity index (χ2n) is 1.03. The lowest BCUT2D eigenvalue weighted by molar-refractivity contribution is 0.0916. The van der Waals surface area contributed by atoms with Gasteiger partial charge in [-0.25, -0.2) is 0 Å². The average Bonchev–Trinajstić information content (AvgIpc) is 1.81. The van der Waals surface area contributed by atoms with Crippen molar-refractivity contribution in [2.75, 3.05) is 24.2 Å². The molecule has 0 rings (SSSR count). The molecular weight excluding hydrogens is 240 g/mol. The molecular formula is C4H8Br2O2. The van der Waals surface area contributed by atoms with Crippen molar-refractivity contribution in [2.24, 2.45) is 0 Å². The van der Waals surface area contributed by atoms with Crippen molar-refractivity contribution >= 4 is 31.9 Å². The van der Waals surface area contributed by atoms with Gasteiger partial charge in [-0.3, -0.25) is 0 Å². The molecule has 0 saturated heterocycles. The van der Waals surface area contributed by atoms with Crippen LogP contribution in [0, 0.1) is 0 Å². The summed E-state index contributed by atoms with van der Waals surface area (Å²) in [6.45, 7) is 1.30. The zero-order chi connectivity index (χ0) is 6.24. The number of halogens is 2. The fourth-order valence-corrected chi connectivity index (χ4v) is 0.685. The SMILES string of the molecule is BrCOCCOCBr. The molecule has 4 heteroatoms. The quantitative estimate of drug-likeness (QED) is 0.544. The summed E-state index contributed by atoms with van der Waals surface area (Å²) in [5, 5.41) is 0. The van der Waals surface area contributed by atoms with Crippen molar-refractivity contribution in [1.29, 1.82) is 0 Å². The molecule has 0 heterocycles. The topological polar surface area (TPSA) is 18.5 Å². The molecule has 0 fully saturated rings. The fraction of sp³-hybridized carbons (Fsp3) is 1.00. The highest BCUT2D eigenvalue weighted by atomic mass is 79.9. The van der Waals surface area contributed by atoms with Gasteiger partial charge in [0.1, 0.15) is 11.0 Å². The molecule has 0 aliphatic rings. The summed E-state index contributed by atoms with van der Waals surface area (Å²) in [6, 6.07) is 0. The van der Waals surface area contributed by atoms with E-state index in [4.69, 9.17) is 9.47 Å². The van der Waals surface area contributed by atoms with Crippen LogP contribution in [-0.4, -0.2) is 24.2 Å². The first-order valence-electron chi connectivity index (χ1n) is 2.19. The van der Waals surface area contributed by atoms with E-state index in [-0.39, 0.29) is 0 Å². The second-order valence-corrected chi connectivity index (χ2v) is 1.95.